The number of carbonyl (C=O) groups excluding carboxylic acids is 2. The molecule has 0 saturated carbocycles. The molecular formula is C28H34N4O4. The van der Waals surface area contributed by atoms with Crippen molar-refractivity contribution in [2.75, 3.05) is 0 Å². The van der Waals surface area contributed by atoms with Crippen LogP contribution in [0.1, 0.15) is 60.8 Å². The SMILES string of the molecule is C=CCc1cccc(/C=N\NC(=O)CCCCCCC(=O)N/N=C\c2cccc(CC=C)c2O)c1O. The lowest BCUT2D eigenvalue weighted by Crippen LogP contribution is -2.17. The lowest BCUT2D eigenvalue weighted by Gasteiger charge is -2.05. The average molecular weight is 491 g/mol. The van der Waals surface area contributed by atoms with Crippen molar-refractivity contribution in [1.82, 2.24) is 10.9 Å². The number of allylic oxidation sites excluding steroid dienone is 2. The topological polar surface area (TPSA) is 123 Å². The number of hydrazone groups is 2. The number of rotatable bonds is 15. The minimum atomic E-state index is -0.208. The van der Waals surface area contributed by atoms with Crippen LogP contribution in [0.25, 0.3) is 0 Å². The maximum Gasteiger partial charge on any atom is 0.240 e. The van der Waals surface area contributed by atoms with Crippen LogP contribution in [-0.2, 0) is 22.4 Å². The lowest BCUT2D eigenvalue weighted by molar-refractivity contribution is -0.122. The summed E-state index contributed by atoms with van der Waals surface area (Å²) in [6.07, 6.45) is 11.0. The standard InChI is InChI=1S/C28H34N4O4/c1-3-11-21-13-9-15-23(27(21)35)19-29-31-25(33)17-7-5-6-8-18-26(34)32-30-20-24-16-10-14-22(12-4-2)28(24)36/h3-4,9-10,13-16,19-20,35-36H,1-2,5-8,11-12,17-18H2,(H,31,33)(H,32,34)/b29-19-,30-20-. The molecule has 2 aromatic rings. The van der Waals surface area contributed by atoms with E-state index in [9.17, 15) is 19.8 Å². The average Bonchev–Trinajstić information content (AvgIpc) is 2.86. The molecule has 0 radical (unpaired) electrons. The third-order valence-electron chi connectivity index (χ3n) is 5.37. The van der Waals surface area contributed by atoms with E-state index in [0.29, 0.717) is 49.7 Å². The summed E-state index contributed by atoms with van der Waals surface area (Å²) >= 11 is 0. The second-order valence-corrected chi connectivity index (χ2v) is 8.20. The molecule has 190 valence electrons. The van der Waals surface area contributed by atoms with Gasteiger partial charge in [0.05, 0.1) is 12.4 Å². The molecule has 0 spiro atoms. The maximum absolute atomic E-state index is 11.9. The van der Waals surface area contributed by atoms with E-state index < -0.39 is 0 Å². The molecule has 8 heteroatoms. The molecular weight excluding hydrogens is 456 g/mol. The number of phenolic OH excluding ortho intramolecular Hbond substituents is 2. The van der Waals surface area contributed by atoms with Gasteiger partial charge in [-0.3, -0.25) is 9.59 Å². The summed E-state index contributed by atoms with van der Waals surface area (Å²) in [4.78, 5) is 23.9. The van der Waals surface area contributed by atoms with Gasteiger partial charge in [-0.1, -0.05) is 49.3 Å². The molecule has 0 saturated heterocycles. The molecule has 0 fully saturated rings. The Morgan fingerprint density at radius 2 is 1.14 bits per heavy atom. The van der Waals surface area contributed by atoms with Crippen molar-refractivity contribution in [3.63, 3.8) is 0 Å². The molecule has 2 amide bonds. The summed E-state index contributed by atoms with van der Waals surface area (Å²) in [6.45, 7) is 7.33. The first-order chi connectivity index (χ1) is 17.5. The zero-order valence-corrected chi connectivity index (χ0v) is 20.4. The van der Waals surface area contributed by atoms with Crippen LogP contribution in [0.4, 0.5) is 0 Å². The van der Waals surface area contributed by atoms with Gasteiger partial charge in [0, 0.05) is 24.0 Å². The van der Waals surface area contributed by atoms with Crippen molar-refractivity contribution < 1.29 is 19.8 Å². The normalized spacial score (nSPS) is 11.0. The number of aromatic hydroxyl groups is 2. The molecule has 36 heavy (non-hydrogen) atoms. The Bertz CT molecular complexity index is 1020. The highest BCUT2D eigenvalue weighted by Gasteiger charge is 2.06. The van der Waals surface area contributed by atoms with E-state index in [1.807, 2.05) is 12.1 Å². The number of amides is 2. The Hall–Kier alpha value is -4.20. The van der Waals surface area contributed by atoms with Crippen molar-refractivity contribution in [2.45, 2.75) is 51.4 Å². The molecule has 0 unspecified atom stereocenters. The first-order valence-electron chi connectivity index (χ1n) is 11.9. The molecule has 0 aliphatic rings. The minimum Gasteiger partial charge on any atom is -0.507 e. The number of hydrogen-bond acceptors (Lipinski definition) is 6. The number of para-hydroxylation sites is 2. The molecule has 2 aromatic carbocycles. The van der Waals surface area contributed by atoms with Crippen LogP contribution < -0.4 is 10.9 Å². The first kappa shape index (κ1) is 28.0. The van der Waals surface area contributed by atoms with Crippen LogP contribution in [0.3, 0.4) is 0 Å². The second-order valence-electron chi connectivity index (χ2n) is 8.20. The zero-order chi connectivity index (χ0) is 26.2. The molecule has 0 aliphatic carbocycles. The van der Waals surface area contributed by atoms with Gasteiger partial charge in [0.2, 0.25) is 11.8 Å². The van der Waals surface area contributed by atoms with Gasteiger partial charge in [-0.25, -0.2) is 10.9 Å². The summed E-state index contributed by atoms with van der Waals surface area (Å²) in [7, 11) is 0. The summed E-state index contributed by atoms with van der Waals surface area (Å²) in [5.74, 6) is -0.164. The summed E-state index contributed by atoms with van der Waals surface area (Å²) in [5, 5.41) is 28.2. The smallest absolute Gasteiger partial charge is 0.240 e. The minimum absolute atomic E-state index is 0.126. The van der Waals surface area contributed by atoms with Gasteiger partial charge in [0.25, 0.3) is 0 Å². The van der Waals surface area contributed by atoms with Gasteiger partial charge >= 0.3 is 0 Å². The molecule has 2 rings (SSSR count). The lowest BCUT2D eigenvalue weighted by atomic mass is 10.1. The highest BCUT2D eigenvalue weighted by Crippen LogP contribution is 2.22. The fourth-order valence-corrected chi connectivity index (χ4v) is 3.46. The van der Waals surface area contributed by atoms with E-state index >= 15 is 0 Å². The second kappa shape index (κ2) is 15.7. The number of carbonyl (C=O) groups is 2. The number of phenols is 2. The number of nitrogens with one attached hydrogen (secondary N) is 2. The van der Waals surface area contributed by atoms with Gasteiger partial charge in [0.15, 0.2) is 0 Å². The molecule has 4 N–H and O–H groups in total. The quantitative estimate of drug-likeness (QED) is 0.127. The fourth-order valence-electron chi connectivity index (χ4n) is 3.46. The van der Waals surface area contributed by atoms with Crippen LogP contribution in [0.15, 0.2) is 71.9 Å². The Labute approximate surface area is 212 Å². The summed E-state index contributed by atoms with van der Waals surface area (Å²) in [5.41, 5.74) is 7.47. The van der Waals surface area contributed by atoms with Gasteiger partial charge in [-0.05, 0) is 48.9 Å². The van der Waals surface area contributed by atoms with Crippen LogP contribution in [-0.4, -0.2) is 34.5 Å². The fraction of sp³-hybridized carbons (Fsp3) is 0.286. The number of benzene rings is 2. The maximum atomic E-state index is 11.9. The molecule has 0 atom stereocenters. The van der Waals surface area contributed by atoms with Crippen molar-refractivity contribution >= 4 is 24.2 Å². The van der Waals surface area contributed by atoms with E-state index in [-0.39, 0.29) is 23.3 Å². The van der Waals surface area contributed by atoms with Crippen molar-refractivity contribution in [3.8, 4) is 11.5 Å². The van der Waals surface area contributed by atoms with Crippen LogP contribution in [0, 0.1) is 0 Å². The Morgan fingerprint density at radius 1 is 0.722 bits per heavy atom. The third-order valence-corrected chi connectivity index (χ3v) is 5.37. The monoisotopic (exact) mass is 490 g/mol. The van der Waals surface area contributed by atoms with Crippen LogP contribution in [0.2, 0.25) is 0 Å². The first-order valence-corrected chi connectivity index (χ1v) is 11.9. The Morgan fingerprint density at radius 3 is 1.53 bits per heavy atom. The van der Waals surface area contributed by atoms with Crippen molar-refractivity contribution in [1.29, 1.82) is 0 Å². The van der Waals surface area contributed by atoms with E-state index in [0.717, 1.165) is 24.0 Å². The highest BCUT2D eigenvalue weighted by molar-refractivity contribution is 5.86. The number of nitrogens with zero attached hydrogens (tertiary/aromatic N) is 2. The van der Waals surface area contributed by atoms with E-state index in [1.165, 1.54) is 12.4 Å². The largest absolute Gasteiger partial charge is 0.507 e. The van der Waals surface area contributed by atoms with Gasteiger partial charge in [0.1, 0.15) is 11.5 Å². The van der Waals surface area contributed by atoms with Crippen molar-refractivity contribution in [3.05, 3.63) is 84.0 Å². The third kappa shape index (κ3) is 9.58. The van der Waals surface area contributed by atoms with E-state index in [1.54, 1.807) is 36.4 Å². The van der Waals surface area contributed by atoms with Gasteiger partial charge in [-0.15, -0.1) is 13.2 Å². The van der Waals surface area contributed by atoms with Gasteiger partial charge < -0.3 is 10.2 Å². The van der Waals surface area contributed by atoms with E-state index in [4.69, 9.17) is 0 Å². The molecule has 0 aliphatic heterocycles. The Kier molecular flexibility index (Phi) is 12.2. The predicted octanol–water partition coefficient (Wildman–Crippen LogP) is 4.50. The predicted molar refractivity (Wildman–Crippen MR) is 143 cm³/mol. The van der Waals surface area contributed by atoms with Crippen LogP contribution in [0.5, 0.6) is 11.5 Å². The number of hydrogen-bond donors (Lipinski definition) is 4. The zero-order valence-electron chi connectivity index (χ0n) is 20.4. The van der Waals surface area contributed by atoms with Crippen molar-refractivity contribution in [2.24, 2.45) is 10.2 Å². The van der Waals surface area contributed by atoms with E-state index in [2.05, 4.69) is 34.2 Å². The van der Waals surface area contributed by atoms with Gasteiger partial charge in [-0.2, -0.15) is 10.2 Å². The summed E-state index contributed by atoms with van der Waals surface area (Å²) < 4.78 is 0. The molecule has 0 heterocycles. The molecule has 0 aromatic heterocycles. The molecule has 8 nitrogen and oxygen atoms in total. The molecule has 0 bridgehead atoms. The van der Waals surface area contributed by atoms with Crippen LogP contribution >= 0.6 is 0 Å². The Balaban J connectivity index is 1.60. The number of unbranched alkanes of at least 4 members (excludes halogenated alkanes) is 3. The summed E-state index contributed by atoms with van der Waals surface area (Å²) in [6, 6.07) is 10.7. The highest BCUT2D eigenvalue weighted by atomic mass is 16.3.